The van der Waals surface area contributed by atoms with Crippen molar-refractivity contribution < 1.29 is 8.42 Å². The van der Waals surface area contributed by atoms with Crippen molar-refractivity contribution in [2.75, 3.05) is 45.5 Å². The van der Waals surface area contributed by atoms with Crippen LogP contribution in [0.4, 0.5) is 0 Å². The third kappa shape index (κ3) is 4.51. The van der Waals surface area contributed by atoms with Gasteiger partial charge in [-0.2, -0.15) is 5.26 Å². The second-order valence-electron chi connectivity index (χ2n) is 5.16. The zero-order valence-electron chi connectivity index (χ0n) is 12.1. The second-order valence-corrected chi connectivity index (χ2v) is 7.27. The summed E-state index contributed by atoms with van der Waals surface area (Å²) in [4.78, 5) is 2.45. The van der Waals surface area contributed by atoms with Gasteiger partial charge < -0.3 is 4.90 Å². The van der Waals surface area contributed by atoms with Crippen molar-refractivity contribution >= 4 is 9.84 Å². The number of benzene rings is 1. The summed E-state index contributed by atoms with van der Waals surface area (Å²) in [5, 5.41) is 10.9. The molecular formula is C14H20N4O2S. The third-order valence-corrected chi connectivity index (χ3v) is 5.25. The molecule has 114 valence electrons. The number of likely N-dealkylation sites (N-methyl/N-ethyl adjacent to an activating group) is 1. The van der Waals surface area contributed by atoms with Crippen molar-refractivity contribution in [2.45, 2.75) is 4.90 Å². The van der Waals surface area contributed by atoms with E-state index in [1.165, 1.54) is 12.1 Å². The molecule has 1 fully saturated rings. The molecule has 1 aliphatic heterocycles. The number of hydrazine groups is 1. The van der Waals surface area contributed by atoms with Crippen LogP contribution in [0, 0.1) is 11.3 Å². The molecule has 0 radical (unpaired) electrons. The molecule has 1 saturated heterocycles. The van der Waals surface area contributed by atoms with E-state index < -0.39 is 9.84 Å². The maximum absolute atomic E-state index is 12.2. The third-order valence-electron chi connectivity index (χ3n) is 3.53. The molecule has 0 saturated carbocycles. The highest BCUT2D eigenvalue weighted by Gasteiger charge is 2.17. The first kappa shape index (κ1) is 15.9. The van der Waals surface area contributed by atoms with Crippen LogP contribution < -0.4 is 5.43 Å². The average molecular weight is 308 g/mol. The molecular weight excluding hydrogens is 288 g/mol. The standard InChI is InChI=1S/C14H20N4O2S/c1-17-6-8-18(9-7-17)16-5-10-21(19,20)14-4-2-3-13(11-14)12-15/h2-4,11,16H,5-10H2,1H3. The van der Waals surface area contributed by atoms with E-state index >= 15 is 0 Å². The van der Waals surface area contributed by atoms with Crippen LogP contribution in [0.25, 0.3) is 0 Å². The van der Waals surface area contributed by atoms with Crippen LogP contribution in [0.15, 0.2) is 29.2 Å². The molecule has 1 aromatic rings. The Morgan fingerprint density at radius 2 is 2.00 bits per heavy atom. The number of hydrogen-bond acceptors (Lipinski definition) is 6. The van der Waals surface area contributed by atoms with Crippen LogP contribution in [-0.4, -0.2) is 63.9 Å². The lowest BCUT2D eigenvalue weighted by Crippen LogP contribution is -2.51. The summed E-state index contributed by atoms with van der Waals surface area (Å²) in [6.07, 6.45) is 0. The molecule has 6 nitrogen and oxygen atoms in total. The molecule has 21 heavy (non-hydrogen) atoms. The van der Waals surface area contributed by atoms with Crippen LogP contribution >= 0.6 is 0 Å². The molecule has 0 aromatic heterocycles. The van der Waals surface area contributed by atoms with Gasteiger partial charge in [0.15, 0.2) is 9.84 Å². The van der Waals surface area contributed by atoms with Crippen molar-refractivity contribution in [3.63, 3.8) is 0 Å². The van der Waals surface area contributed by atoms with E-state index in [2.05, 4.69) is 22.4 Å². The normalized spacial score (nSPS) is 17.5. The summed E-state index contributed by atoms with van der Waals surface area (Å²) >= 11 is 0. The lowest BCUT2D eigenvalue weighted by molar-refractivity contribution is 0.107. The lowest BCUT2D eigenvalue weighted by Gasteiger charge is -2.32. The largest absolute Gasteiger partial charge is 0.304 e. The van der Waals surface area contributed by atoms with Gasteiger partial charge >= 0.3 is 0 Å². The first-order valence-electron chi connectivity index (χ1n) is 6.91. The van der Waals surface area contributed by atoms with Gasteiger partial charge in [-0.1, -0.05) is 6.07 Å². The molecule has 7 heteroatoms. The highest BCUT2D eigenvalue weighted by atomic mass is 32.2. The molecule has 0 spiro atoms. The minimum Gasteiger partial charge on any atom is -0.304 e. The summed E-state index contributed by atoms with van der Waals surface area (Å²) in [5.74, 6) is 0.0220. The number of piperazine rings is 1. The predicted molar refractivity (Wildman–Crippen MR) is 80.3 cm³/mol. The zero-order valence-corrected chi connectivity index (χ0v) is 12.9. The first-order valence-corrected chi connectivity index (χ1v) is 8.56. The maximum Gasteiger partial charge on any atom is 0.179 e. The van der Waals surface area contributed by atoms with Gasteiger partial charge in [-0.15, -0.1) is 0 Å². The Bertz CT molecular complexity index is 616. The van der Waals surface area contributed by atoms with E-state index in [9.17, 15) is 8.42 Å². The summed E-state index contributed by atoms with van der Waals surface area (Å²) in [5.41, 5.74) is 3.52. The van der Waals surface area contributed by atoms with Crippen molar-refractivity contribution in [1.29, 1.82) is 5.26 Å². The van der Waals surface area contributed by atoms with Crippen LogP contribution in [0.2, 0.25) is 0 Å². The van der Waals surface area contributed by atoms with Gasteiger partial charge in [0, 0.05) is 32.7 Å². The van der Waals surface area contributed by atoms with Crippen molar-refractivity contribution in [2.24, 2.45) is 0 Å². The van der Waals surface area contributed by atoms with Gasteiger partial charge in [-0.05, 0) is 25.2 Å². The monoisotopic (exact) mass is 308 g/mol. The second kappa shape index (κ2) is 7.00. The predicted octanol–water partition coefficient (Wildman–Crippen LogP) is 0.0840. The Balaban J connectivity index is 1.88. The van der Waals surface area contributed by atoms with E-state index in [0.29, 0.717) is 12.1 Å². The number of sulfone groups is 1. The quantitative estimate of drug-likeness (QED) is 0.830. The summed E-state index contributed by atoms with van der Waals surface area (Å²) < 4.78 is 24.4. The molecule has 1 N–H and O–H groups in total. The minimum atomic E-state index is -3.36. The van der Waals surface area contributed by atoms with Gasteiger partial charge in [0.05, 0.1) is 22.3 Å². The van der Waals surface area contributed by atoms with Crippen LogP contribution in [-0.2, 0) is 9.84 Å². The minimum absolute atomic E-state index is 0.0220. The van der Waals surface area contributed by atoms with Crippen LogP contribution in [0.3, 0.4) is 0 Å². The molecule has 0 aliphatic carbocycles. The van der Waals surface area contributed by atoms with E-state index in [1.807, 2.05) is 6.07 Å². The Morgan fingerprint density at radius 1 is 1.29 bits per heavy atom. The molecule has 0 atom stereocenters. The molecule has 0 unspecified atom stereocenters. The van der Waals surface area contributed by atoms with Crippen molar-refractivity contribution in [3.05, 3.63) is 29.8 Å². The van der Waals surface area contributed by atoms with Gasteiger partial charge in [-0.25, -0.2) is 13.4 Å². The Hall–Kier alpha value is -1.46. The SMILES string of the molecule is CN1CCN(NCCS(=O)(=O)c2cccc(C#N)c2)CC1. The number of rotatable bonds is 5. The fourth-order valence-electron chi connectivity index (χ4n) is 2.18. The van der Waals surface area contributed by atoms with E-state index in [-0.39, 0.29) is 10.6 Å². The average Bonchev–Trinajstić information content (AvgIpc) is 2.49. The fourth-order valence-corrected chi connectivity index (χ4v) is 3.37. The van der Waals surface area contributed by atoms with Gasteiger partial charge in [0.1, 0.15) is 0 Å². The molecule has 1 heterocycles. The Kier molecular flexibility index (Phi) is 5.31. The Morgan fingerprint density at radius 3 is 2.67 bits per heavy atom. The molecule has 1 aromatic carbocycles. The topological polar surface area (TPSA) is 76.4 Å². The number of nitrogens with one attached hydrogen (secondary N) is 1. The molecule has 0 amide bonds. The first-order chi connectivity index (χ1) is 10.0. The van der Waals surface area contributed by atoms with Crippen LogP contribution in [0.5, 0.6) is 0 Å². The summed E-state index contributed by atoms with van der Waals surface area (Å²) in [7, 11) is -1.28. The van der Waals surface area contributed by atoms with E-state index in [0.717, 1.165) is 26.2 Å². The van der Waals surface area contributed by atoms with Crippen LogP contribution in [0.1, 0.15) is 5.56 Å². The van der Waals surface area contributed by atoms with Gasteiger partial charge in [0.2, 0.25) is 0 Å². The van der Waals surface area contributed by atoms with E-state index in [1.54, 1.807) is 12.1 Å². The molecule has 0 bridgehead atoms. The van der Waals surface area contributed by atoms with E-state index in [4.69, 9.17) is 5.26 Å². The fraction of sp³-hybridized carbons (Fsp3) is 0.500. The van der Waals surface area contributed by atoms with Crippen molar-refractivity contribution in [1.82, 2.24) is 15.3 Å². The highest BCUT2D eigenvalue weighted by molar-refractivity contribution is 7.91. The highest BCUT2D eigenvalue weighted by Crippen LogP contribution is 2.12. The zero-order chi connectivity index (χ0) is 15.3. The smallest absolute Gasteiger partial charge is 0.179 e. The number of nitrogens with zero attached hydrogens (tertiary/aromatic N) is 3. The van der Waals surface area contributed by atoms with Crippen molar-refractivity contribution in [3.8, 4) is 6.07 Å². The van der Waals surface area contributed by atoms with Gasteiger partial charge in [0.25, 0.3) is 0 Å². The lowest BCUT2D eigenvalue weighted by atomic mass is 10.2. The number of nitriles is 1. The summed E-state index contributed by atoms with van der Waals surface area (Å²) in [6.45, 7) is 4.11. The summed E-state index contributed by atoms with van der Waals surface area (Å²) in [6, 6.07) is 8.11. The number of hydrogen-bond donors (Lipinski definition) is 1. The Labute approximate surface area is 125 Å². The maximum atomic E-state index is 12.2. The molecule has 2 rings (SSSR count). The molecule has 1 aliphatic rings. The van der Waals surface area contributed by atoms with Gasteiger partial charge in [-0.3, -0.25) is 5.43 Å².